The summed E-state index contributed by atoms with van der Waals surface area (Å²) in [5.41, 5.74) is 1.74. The molecule has 1 N–H and O–H groups in total. The van der Waals surface area contributed by atoms with Gasteiger partial charge in [-0.05, 0) is 30.9 Å². The average molecular weight is 289 g/mol. The summed E-state index contributed by atoms with van der Waals surface area (Å²) in [6.45, 7) is 2.05. The molecule has 0 unspecified atom stereocenters. The van der Waals surface area contributed by atoms with E-state index < -0.39 is 0 Å². The fourth-order valence-corrected chi connectivity index (χ4v) is 2.77. The molecule has 5 heteroatoms. The molecular formula is C15H19N3OS. The van der Waals surface area contributed by atoms with E-state index in [2.05, 4.69) is 17.3 Å². The molecule has 4 nitrogen and oxygen atoms in total. The third-order valence-corrected chi connectivity index (χ3v) is 4.08. The maximum Gasteiger partial charge on any atom is 0.252 e. The third kappa shape index (κ3) is 3.04. The van der Waals surface area contributed by atoms with Gasteiger partial charge in [-0.15, -0.1) is 11.8 Å². The van der Waals surface area contributed by atoms with Crippen LogP contribution in [0.4, 0.5) is 0 Å². The average Bonchev–Trinajstić information content (AvgIpc) is 2.90. The highest BCUT2D eigenvalue weighted by molar-refractivity contribution is 7.98. The van der Waals surface area contributed by atoms with Gasteiger partial charge in [0.2, 0.25) is 0 Å². The molecule has 0 bridgehead atoms. The molecule has 20 heavy (non-hydrogen) atoms. The molecule has 1 heterocycles. The van der Waals surface area contributed by atoms with Gasteiger partial charge in [-0.3, -0.25) is 9.48 Å². The van der Waals surface area contributed by atoms with Crippen LogP contribution in [0.15, 0.2) is 41.4 Å². The van der Waals surface area contributed by atoms with Crippen molar-refractivity contribution in [1.82, 2.24) is 15.1 Å². The van der Waals surface area contributed by atoms with Gasteiger partial charge >= 0.3 is 0 Å². The van der Waals surface area contributed by atoms with E-state index in [1.807, 2.05) is 43.6 Å². The third-order valence-electron chi connectivity index (χ3n) is 3.28. The second-order valence-corrected chi connectivity index (χ2v) is 5.36. The number of rotatable bonds is 5. The first-order valence-electron chi connectivity index (χ1n) is 6.59. The monoisotopic (exact) mass is 289 g/mol. The smallest absolute Gasteiger partial charge is 0.252 e. The molecule has 1 amide bonds. The van der Waals surface area contributed by atoms with E-state index in [4.69, 9.17) is 0 Å². The molecule has 0 aliphatic carbocycles. The first-order valence-corrected chi connectivity index (χ1v) is 7.81. The van der Waals surface area contributed by atoms with Crippen LogP contribution in [0.1, 0.15) is 35.4 Å². The van der Waals surface area contributed by atoms with Crippen LogP contribution in [0.2, 0.25) is 0 Å². The van der Waals surface area contributed by atoms with Crippen LogP contribution < -0.4 is 5.32 Å². The summed E-state index contributed by atoms with van der Waals surface area (Å²) >= 11 is 1.58. The summed E-state index contributed by atoms with van der Waals surface area (Å²) in [4.78, 5) is 13.4. The van der Waals surface area contributed by atoms with Crippen LogP contribution in [0.5, 0.6) is 0 Å². The van der Waals surface area contributed by atoms with Crippen LogP contribution in [0, 0.1) is 0 Å². The van der Waals surface area contributed by atoms with Crippen LogP contribution in [0.25, 0.3) is 0 Å². The standard InChI is InChI=1S/C15H19N3OS/c1-4-12(13-9-10-16-18(13)2)17-15(19)11-7-5-6-8-14(11)20-3/h5-10,12H,4H2,1-3H3,(H,17,19)/t12-/m0/s1. The number of aryl methyl sites for hydroxylation is 1. The Hall–Kier alpha value is -1.75. The summed E-state index contributed by atoms with van der Waals surface area (Å²) in [6.07, 6.45) is 4.55. The Morgan fingerprint density at radius 1 is 1.40 bits per heavy atom. The lowest BCUT2D eigenvalue weighted by atomic mass is 10.1. The van der Waals surface area contributed by atoms with Crippen molar-refractivity contribution in [3.63, 3.8) is 0 Å². The van der Waals surface area contributed by atoms with Crippen molar-refractivity contribution >= 4 is 17.7 Å². The van der Waals surface area contributed by atoms with Gasteiger partial charge in [-0.2, -0.15) is 5.10 Å². The predicted molar refractivity (Wildman–Crippen MR) is 81.9 cm³/mol. The van der Waals surface area contributed by atoms with Crippen molar-refractivity contribution in [2.24, 2.45) is 7.05 Å². The zero-order valence-electron chi connectivity index (χ0n) is 12.0. The van der Waals surface area contributed by atoms with Crippen molar-refractivity contribution in [1.29, 1.82) is 0 Å². The minimum Gasteiger partial charge on any atom is -0.344 e. The summed E-state index contributed by atoms with van der Waals surface area (Å²) in [5, 5.41) is 7.25. The lowest BCUT2D eigenvalue weighted by molar-refractivity contribution is 0.0931. The molecule has 0 aliphatic heterocycles. The van der Waals surface area contributed by atoms with E-state index in [1.54, 1.807) is 22.6 Å². The predicted octanol–water partition coefficient (Wildman–Crippen LogP) is 3.02. The van der Waals surface area contributed by atoms with Gasteiger partial charge in [-0.1, -0.05) is 19.1 Å². The molecule has 2 rings (SSSR count). The van der Waals surface area contributed by atoms with Crippen molar-refractivity contribution < 1.29 is 4.79 Å². The number of hydrogen-bond donors (Lipinski definition) is 1. The number of hydrogen-bond acceptors (Lipinski definition) is 3. The molecule has 1 aromatic carbocycles. The highest BCUT2D eigenvalue weighted by atomic mass is 32.2. The second-order valence-electron chi connectivity index (χ2n) is 4.51. The topological polar surface area (TPSA) is 46.9 Å². The Kier molecular flexibility index (Phi) is 4.84. The van der Waals surface area contributed by atoms with Gasteiger partial charge in [0.15, 0.2) is 0 Å². The number of carbonyl (C=O) groups is 1. The van der Waals surface area contributed by atoms with Crippen LogP contribution >= 0.6 is 11.8 Å². The number of thioether (sulfide) groups is 1. The van der Waals surface area contributed by atoms with Gasteiger partial charge in [0.1, 0.15) is 0 Å². The molecular weight excluding hydrogens is 270 g/mol. The molecule has 0 radical (unpaired) electrons. The van der Waals surface area contributed by atoms with Crippen molar-refractivity contribution in [2.75, 3.05) is 6.26 Å². The Morgan fingerprint density at radius 2 is 2.15 bits per heavy atom. The van der Waals surface area contributed by atoms with Crippen LogP contribution in [0.3, 0.4) is 0 Å². The van der Waals surface area contributed by atoms with Gasteiger partial charge in [0.05, 0.1) is 17.3 Å². The number of carbonyl (C=O) groups excluding carboxylic acids is 1. The van der Waals surface area contributed by atoms with E-state index >= 15 is 0 Å². The van der Waals surface area contributed by atoms with E-state index in [1.165, 1.54) is 0 Å². The number of aromatic nitrogens is 2. The SMILES string of the molecule is CC[C@H](NC(=O)c1ccccc1SC)c1ccnn1C. The minimum absolute atomic E-state index is 0.0232. The molecule has 1 atom stereocenters. The lowest BCUT2D eigenvalue weighted by Crippen LogP contribution is -2.29. The fraction of sp³-hybridized carbons (Fsp3) is 0.333. The van der Waals surface area contributed by atoms with E-state index in [0.29, 0.717) is 0 Å². The normalized spacial score (nSPS) is 12.2. The quantitative estimate of drug-likeness (QED) is 0.861. The maximum absolute atomic E-state index is 12.4. The number of amides is 1. The minimum atomic E-state index is -0.0389. The van der Waals surface area contributed by atoms with Crippen molar-refractivity contribution in [3.8, 4) is 0 Å². The Balaban J connectivity index is 2.20. The molecule has 2 aromatic rings. The fourth-order valence-electron chi connectivity index (χ4n) is 2.18. The molecule has 0 spiro atoms. The Labute approximate surface area is 123 Å². The first-order chi connectivity index (χ1) is 9.67. The van der Waals surface area contributed by atoms with Crippen LogP contribution in [-0.2, 0) is 7.05 Å². The van der Waals surface area contributed by atoms with E-state index in [9.17, 15) is 4.79 Å². The zero-order valence-corrected chi connectivity index (χ0v) is 12.8. The number of nitrogens with one attached hydrogen (secondary N) is 1. The summed E-state index contributed by atoms with van der Waals surface area (Å²) in [7, 11) is 1.89. The molecule has 0 fully saturated rings. The van der Waals surface area contributed by atoms with E-state index in [-0.39, 0.29) is 11.9 Å². The van der Waals surface area contributed by atoms with Crippen molar-refractivity contribution in [2.45, 2.75) is 24.3 Å². The summed E-state index contributed by atoms with van der Waals surface area (Å²) in [6, 6.07) is 9.57. The van der Waals surface area contributed by atoms with Crippen molar-refractivity contribution in [3.05, 3.63) is 47.8 Å². The van der Waals surface area contributed by atoms with E-state index in [0.717, 1.165) is 22.6 Å². The molecule has 0 saturated heterocycles. The highest BCUT2D eigenvalue weighted by Gasteiger charge is 2.18. The number of nitrogens with zero attached hydrogens (tertiary/aromatic N) is 2. The number of benzene rings is 1. The first kappa shape index (κ1) is 14.7. The largest absolute Gasteiger partial charge is 0.344 e. The Bertz CT molecular complexity index is 594. The molecule has 106 valence electrons. The van der Waals surface area contributed by atoms with Crippen LogP contribution in [-0.4, -0.2) is 21.9 Å². The van der Waals surface area contributed by atoms with Gasteiger partial charge < -0.3 is 5.32 Å². The summed E-state index contributed by atoms with van der Waals surface area (Å²) in [5.74, 6) is -0.0389. The molecule has 0 aliphatic rings. The highest BCUT2D eigenvalue weighted by Crippen LogP contribution is 2.22. The van der Waals surface area contributed by atoms with Gasteiger partial charge in [-0.25, -0.2) is 0 Å². The second kappa shape index (κ2) is 6.61. The lowest BCUT2D eigenvalue weighted by Gasteiger charge is -2.18. The zero-order chi connectivity index (χ0) is 14.5. The Morgan fingerprint density at radius 3 is 2.75 bits per heavy atom. The van der Waals surface area contributed by atoms with Gasteiger partial charge in [0.25, 0.3) is 5.91 Å². The maximum atomic E-state index is 12.4. The van der Waals surface area contributed by atoms with Gasteiger partial charge in [0, 0.05) is 18.1 Å². The summed E-state index contributed by atoms with van der Waals surface area (Å²) < 4.78 is 1.80. The molecule has 0 saturated carbocycles. The molecule has 1 aromatic heterocycles.